The van der Waals surface area contributed by atoms with Gasteiger partial charge in [0.2, 0.25) is 0 Å². The van der Waals surface area contributed by atoms with Gasteiger partial charge in [-0.25, -0.2) is 0 Å². The van der Waals surface area contributed by atoms with Crippen LogP contribution in [0.1, 0.15) is 11.1 Å². The first-order chi connectivity index (χ1) is 11.6. The average molecular weight is 341 g/mol. The lowest BCUT2D eigenvalue weighted by Crippen LogP contribution is -2.17. The average Bonchev–Trinajstić information content (AvgIpc) is 2.92. The molecule has 0 spiro atoms. The number of carbonyl (C=O) groups is 2. The second-order valence-electron chi connectivity index (χ2n) is 5.06. The summed E-state index contributed by atoms with van der Waals surface area (Å²) in [7, 11) is 1.63. The molecule has 6 heteroatoms. The first-order valence-electron chi connectivity index (χ1n) is 7.25. The normalized spacial score (nSPS) is 15.5. The Balaban J connectivity index is 1.61. The summed E-state index contributed by atoms with van der Waals surface area (Å²) in [6, 6.07) is 15.0. The lowest BCUT2D eigenvalue weighted by molar-refractivity contribution is -0.115. The second kappa shape index (κ2) is 7.23. The zero-order valence-electron chi connectivity index (χ0n) is 12.9. The summed E-state index contributed by atoms with van der Waals surface area (Å²) in [5.41, 5.74) is 1.87. The lowest BCUT2D eigenvalue weighted by Gasteiger charge is -2.07. The number of hydrogen-bond donors (Lipinski definition) is 1. The second-order valence-corrected chi connectivity index (χ2v) is 6.07. The van der Waals surface area contributed by atoms with Crippen LogP contribution >= 0.6 is 11.8 Å². The van der Waals surface area contributed by atoms with Crippen molar-refractivity contribution in [2.24, 2.45) is 0 Å². The maximum atomic E-state index is 11.5. The Hall–Kier alpha value is -2.73. The van der Waals surface area contributed by atoms with Crippen LogP contribution in [0.15, 0.2) is 53.4 Å². The molecule has 2 aromatic rings. The topological polar surface area (TPSA) is 64.6 Å². The highest BCUT2D eigenvalue weighted by atomic mass is 32.2. The third-order valence-electron chi connectivity index (χ3n) is 3.38. The van der Waals surface area contributed by atoms with E-state index in [2.05, 4.69) is 5.32 Å². The summed E-state index contributed by atoms with van der Waals surface area (Å²) < 4.78 is 10.8. The Morgan fingerprint density at radius 3 is 2.25 bits per heavy atom. The number of benzene rings is 2. The van der Waals surface area contributed by atoms with E-state index in [4.69, 9.17) is 9.47 Å². The van der Waals surface area contributed by atoms with Gasteiger partial charge in [0.05, 0.1) is 12.0 Å². The fourth-order valence-electron chi connectivity index (χ4n) is 2.12. The zero-order chi connectivity index (χ0) is 16.9. The molecule has 2 amide bonds. The van der Waals surface area contributed by atoms with Gasteiger partial charge in [0.1, 0.15) is 18.1 Å². The highest BCUT2D eigenvalue weighted by Gasteiger charge is 2.24. The van der Waals surface area contributed by atoms with Crippen molar-refractivity contribution in [3.8, 4) is 11.5 Å². The number of amides is 2. The van der Waals surface area contributed by atoms with Crippen molar-refractivity contribution in [2.45, 2.75) is 6.61 Å². The fourth-order valence-corrected chi connectivity index (χ4v) is 2.80. The van der Waals surface area contributed by atoms with Gasteiger partial charge < -0.3 is 9.47 Å². The Morgan fingerprint density at radius 1 is 1.00 bits per heavy atom. The molecule has 0 aromatic heterocycles. The van der Waals surface area contributed by atoms with E-state index < -0.39 is 0 Å². The SMILES string of the molecule is COc1ccc(COc2ccc(C=C3SC(=O)NC3=O)cc2)cc1. The third-order valence-corrected chi connectivity index (χ3v) is 4.20. The summed E-state index contributed by atoms with van der Waals surface area (Å²) in [4.78, 5) is 23.0. The molecule has 122 valence electrons. The van der Waals surface area contributed by atoms with Gasteiger partial charge in [-0.1, -0.05) is 24.3 Å². The van der Waals surface area contributed by atoms with Crippen molar-refractivity contribution < 1.29 is 19.1 Å². The van der Waals surface area contributed by atoms with E-state index in [0.717, 1.165) is 34.4 Å². The van der Waals surface area contributed by atoms with E-state index in [1.54, 1.807) is 13.2 Å². The zero-order valence-corrected chi connectivity index (χ0v) is 13.8. The van der Waals surface area contributed by atoms with Gasteiger partial charge in [-0.05, 0) is 53.2 Å². The maximum Gasteiger partial charge on any atom is 0.290 e. The molecule has 0 unspecified atom stereocenters. The van der Waals surface area contributed by atoms with Gasteiger partial charge in [-0.3, -0.25) is 14.9 Å². The summed E-state index contributed by atoms with van der Waals surface area (Å²) in [5.74, 6) is 1.18. The molecule has 3 rings (SSSR count). The molecular weight excluding hydrogens is 326 g/mol. The molecule has 5 nitrogen and oxygen atoms in total. The van der Waals surface area contributed by atoms with Gasteiger partial charge in [0.25, 0.3) is 11.1 Å². The molecule has 24 heavy (non-hydrogen) atoms. The number of rotatable bonds is 5. The van der Waals surface area contributed by atoms with Crippen LogP contribution in [0.3, 0.4) is 0 Å². The molecule has 0 saturated carbocycles. The molecule has 0 aliphatic carbocycles. The molecule has 1 saturated heterocycles. The van der Waals surface area contributed by atoms with E-state index in [-0.39, 0.29) is 11.1 Å². The molecular formula is C18H15NO4S. The van der Waals surface area contributed by atoms with Gasteiger partial charge in [-0.15, -0.1) is 0 Å². The first kappa shape index (κ1) is 16.1. The summed E-state index contributed by atoms with van der Waals surface area (Å²) >= 11 is 0.903. The van der Waals surface area contributed by atoms with Crippen LogP contribution in [0.2, 0.25) is 0 Å². The largest absolute Gasteiger partial charge is 0.497 e. The van der Waals surface area contributed by atoms with E-state index >= 15 is 0 Å². The molecule has 0 atom stereocenters. The maximum absolute atomic E-state index is 11.5. The number of carbonyl (C=O) groups excluding carboxylic acids is 2. The highest BCUT2D eigenvalue weighted by molar-refractivity contribution is 8.18. The Morgan fingerprint density at radius 2 is 1.67 bits per heavy atom. The van der Waals surface area contributed by atoms with Crippen LogP contribution < -0.4 is 14.8 Å². The predicted octanol–water partition coefficient (Wildman–Crippen LogP) is 3.60. The van der Waals surface area contributed by atoms with Gasteiger partial charge in [0.15, 0.2) is 0 Å². The van der Waals surface area contributed by atoms with Crippen LogP contribution in [-0.4, -0.2) is 18.3 Å². The molecule has 0 bridgehead atoms. The van der Waals surface area contributed by atoms with Crippen molar-refractivity contribution in [1.82, 2.24) is 5.32 Å². The van der Waals surface area contributed by atoms with E-state index in [9.17, 15) is 9.59 Å². The highest BCUT2D eigenvalue weighted by Crippen LogP contribution is 2.26. The molecule has 0 radical (unpaired) electrons. The van der Waals surface area contributed by atoms with Crippen molar-refractivity contribution >= 4 is 29.0 Å². The molecule has 1 fully saturated rings. The summed E-state index contributed by atoms with van der Waals surface area (Å²) in [6.45, 7) is 0.456. The Kier molecular flexibility index (Phi) is 4.86. The predicted molar refractivity (Wildman–Crippen MR) is 92.9 cm³/mol. The van der Waals surface area contributed by atoms with Crippen LogP contribution in [0, 0.1) is 0 Å². The number of methoxy groups -OCH3 is 1. The van der Waals surface area contributed by atoms with Crippen molar-refractivity contribution in [1.29, 1.82) is 0 Å². The Labute approximate surface area is 143 Å². The third kappa shape index (κ3) is 3.97. The molecule has 1 heterocycles. The van der Waals surface area contributed by atoms with Gasteiger partial charge in [0, 0.05) is 0 Å². The number of thioether (sulfide) groups is 1. The van der Waals surface area contributed by atoms with Crippen molar-refractivity contribution in [2.75, 3.05) is 7.11 Å². The molecule has 1 aliphatic rings. The Bertz CT molecular complexity index is 782. The number of hydrogen-bond acceptors (Lipinski definition) is 5. The lowest BCUT2D eigenvalue weighted by atomic mass is 10.2. The summed E-state index contributed by atoms with van der Waals surface area (Å²) in [5, 5.41) is 1.89. The molecule has 1 aliphatic heterocycles. The van der Waals surface area contributed by atoms with Crippen LogP contribution in [-0.2, 0) is 11.4 Å². The van der Waals surface area contributed by atoms with E-state index in [1.165, 1.54) is 0 Å². The van der Waals surface area contributed by atoms with E-state index in [1.807, 2.05) is 48.5 Å². The minimum absolute atomic E-state index is 0.342. The first-order valence-corrected chi connectivity index (χ1v) is 8.06. The molecule has 2 aromatic carbocycles. The van der Waals surface area contributed by atoms with Crippen LogP contribution in [0.4, 0.5) is 4.79 Å². The van der Waals surface area contributed by atoms with E-state index in [0.29, 0.717) is 11.5 Å². The number of ether oxygens (including phenoxy) is 2. The molecule has 1 N–H and O–H groups in total. The van der Waals surface area contributed by atoms with Crippen LogP contribution in [0.5, 0.6) is 11.5 Å². The quantitative estimate of drug-likeness (QED) is 0.842. The van der Waals surface area contributed by atoms with Gasteiger partial charge in [-0.2, -0.15) is 0 Å². The van der Waals surface area contributed by atoms with Crippen molar-refractivity contribution in [3.05, 3.63) is 64.6 Å². The number of nitrogens with one attached hydrogen (secondary N) is 1. The van der Waals surface area contributed by atoms with Gasteiger partial charge >= 0.3 is 0 Å². The van der Waals surface area contributed by atoms with Crippen molar-refractivity contribution in [3.63, 3.8) is 0 Å². The monoisotopic (exact) mass is 341 g/mol. The van der Waals surface area contributed by atoms with Crippen LogP contribution in [0.25, 0.3) is 6.08 Å². The smallest absolute Gasteiger partial charge is 0.290 e. The minimum atomic E-state index is -0.357. The fraction of sp³-hybridized carbons (Fsp3) is 0.111. The summed E-state index contributed by atoms with van der Waals surface area (Å²) in [6.07, 6.45) is 1.68. The minimum Gasteiger partial charge on any atom is -0.497 e. The number of imide groups is 1. The standard InChI is InChI=1S/C18H15NO4S/c1-22-14-6-4-13(5-7-14)11-23-15-8-2-12(3-9-15)10-16-17(20)19-18(21)24-16/h2-10H,11H2,1H3,(H,19,20,21).